The van der Waals surface area contributed by atoms with Gasteiger partial charge in [-0.2, -0.15) is 20.4 Å². The number of aliphatic hydroxyl groups is 2. The van der Waals surface area contributed by atoms with Crippen LogP contribution in [0.3, 0.4) is 0 Å². The molecule has 0 aliphatic heterocycles. The van der Waals surface area contributed by atoms with E-state index in [9.17, 15) is 72.5 Å². The van der Waals surface area contributed by atoms with E-state index < -0.39 is 104 Å². The first-order valence-corrected chi connectivity index (χ1v) is 30.3. The monoisotopic (exact) mass is 1460 g/mol. The Balaban J connectivity index is 0.000000178. The van der Waals surface area contributed by atoms with E-state index in [0.717, 1.165) is 67.4 Å². The molecule has 12 aromatic rings. The third kappa shape index (κ3) is 20.9. The minimum atomic E-state index is -2.02. The van der Waals surface area contributed by atoms with Gasteiger partial charge in [-0.15, -0.1) is 0 Å². The number of hydrogen-bond acceptors (Lipinski definition) is 20. The Morgan fingerprint density at radius 2 is 0.775 bits per heavy atom. The first-order chi connectivity index (χ1) is 48.7. The maximum atomic E-state index is 14.4. The number of hydrogen-bond donors (Lipinski definition) is 2. The Bertz CT molecular complexity index is 4600. The van der Waals surface area contributed by atoms with Crippen LogP contribution in [-0.2, 0) is 50.2 Å². The van der Waals surface area contributed by atoms with E-state index >= 15 is 0 Å². The molecule has 0 radical (unpaired) electrons. The van der Waals surface area contributed by atoms with Crippen LogP contribution >= 0.6 is 23.2 Å². The van der Waals surface area contributed by atoms with Gasteiger partial charge >= 0.3 is 0 Å². The fourth-order valence-electron chi connectivity index (χ4n) is 9.22. The maximum Gasteiger partial charge on any atom is 0.187 e. The van der Waals surface area contributed by atoms with Crippen LogP contribution in [0.4, 0.5) is 52.7 Å². The molecule has 0 fully saturated rings. The van der Waals surface area contributed by atoms with Gasteiger partial charge in [0.2, 0.25) is 0 Å². The van der Waals surface area contributed by atoms with Crippen molar-refractivity contribution in [2.24, 2.45) is 0 Å². The lowest BCUT2D eigenvalue weighted by Gasteiger charge is -2.34. The van der Waals surface area contributed by atoms with E-state index in [4.69, 9.17) is 23.2 Å². The number of benzene rings is 4. The van der Waals surface area contributed by atoms with Gasteiger partial charge in [0, 0.05) is 47.2 Å². The topological polar surface area (TPSA) is 301 Å². The molecule has 0 amide bonds. The minimum absolute atomic E-state index is 0.0960. The third-order valence-electron chi connectivity index (χ3n) is 14.5. The van der Waals surface area contributed by atoms with Crippen molar-refractivity contribution >= 4 is 34.8 Å². The molecule has 12 rings (SSSR count). The summed E-state index contributed by atoms with van der Waals surface area (Å²) in [7, 11) is 0. The van der Waals surface area contributed by atoms with E-state index in [2.05, 4.69) is 80.2 Å². The van der Waals surface area contributed by atoms with E-state index in [1.165, 1.54) is 102 Å². The Hall–Kier alpha value is -11.2. The Kier molecular flexibility index (Phi) is 28.1. The molecule has 38 heteroatoms. The Morgan fingerprint density at radius 1 is 0.412 bits per heavy atom. The van der Waals surface area contributed by atoms with Crippen LogP contribution < -0.4 is 0 Å². The van der Waals surface area contributed by atoms with Gasteiger partial charge in [-0.3, -0.25) is 9.59 Å². The molecule has 8 aromatic heterocycles. The predicted molar refractivity (Wildman–Crippen MR) is 336 cm³/mol. The highest BCUT2D eigenvalue weighted by atomic mass is 35.5. The summed E-state index contributed by atoms with van der Waals surface area (Å²) in [6.07, 6.45) is 18.4. The largest absolute Gasteiger partial charge is 0.382 e. The predicted octanol–water partition coefficient (Wildman–Crippen LogP) is 10.9. The summed E-state index contributed by atoms with van der Waals surface area (Å²) in [5.41, 5.74) is -4.20. The second-order valence-corrected chi connectivity index (χ2v) is 21.8. The van der Waals surface area contributed by atoms with Gasteiger partial charge in [-0.05, 0) is 49.2 Å². The summed E-state index contributed by atoms with van der Waals surface area (Å²) in [6.45, 7) is 5.84. The van der Waals surface area contributed by atoms with Crippen molar-refractivity contribution in [2.45, 2.75) is 89.8 Å². The fraction of sp³-hybridized carbons (Fsp3) is 0.219. The normalized spacial score (nSPS) is 12.5. The van der Waals surface area contributed by atoms with Crippen LogP contribution in [0.15, 0.2) is 161 Å². The number of halogens is 14. The van der Waals surface area contributed by atoms with E-state index in [0.29, 0.717) is 48.5 Å². The number of nitrogens with zero attached hydrogens (tertiary/aromatic N) is 20. The lowest BCUT2D eigenvalue weighted by molar-refractivity contribution is -0.0137. The van der Waals surface area contributed by atoms with Gasteiger partial charge in [0.05, 0.1) is 59.4 Å². The number of carbonyl (C=O) groups is 2. The summed E-state index contributed by atoms with van der Waals surface area (Å²) in [5.74, 6) is -12.2. The molecule has 532 valence electrons. The minimum Gasteiger partial charge on any atom is -0.382 e. The van der Waals surface area contributed by atoms with Crippen molar-refractivity contribution in [1.29, 1.82) is 0 Å². The zero-order valence-electron chi connectivity index (χ0n) is 53.4. The first-order valence-electron chi connectivity index (χ1n) is 29.5. The van der Waals surface area contributed by atoms with Crippen LogP contribution in [0, 0.1) is 69.8 Å². The van der Waals surface area contributed by atoms with E-state index in [1.807, 2.05) is 13.8 Å². The molecule has 0 saturated heterocycles. The summed E-state index contributed by atoms with van der Waals surface area (Å²) < 4.78 is 166. The fourth-order valence-corrected chi connectivity index (χ4v) is 9.51. The van der Waals surface area contributed by atoms with Crippen LogP contribution in [0.1, 0.15) is 94.1 Å². The highest BCUT2D eigenvalue weighted by Crippen LogP contribution is 2.42. The molecular formula is C64H54Cl2F12N20O4. The zero-order valence-corrected chi connectivity index (χ0v) is 54.9. The lowest BCUT2D eigenvalue weighted by Crippen LogP contribution is -2.39. The molecule has 8 heterocycles. The summed E-state index contributed by atoms with van der Waals surface area (Å²) in [6, 6.07) is 11.2. The van der Waals surface area contributed by atoms with Crippen molar-refractivity contribution in [1.82, 2.24) is 98.9 Å². The number of rotatable bonds is 18. The van der Waals surface area contributed by atoms with Crippen LogP contribution in [-0.4, -0.2) is 121 Å². The van der Waals surface area contributed by atoms with Crippen molar-refractivity contribution < 1.29 is 72.5 Å². The van der Waals surface area contributed by atoms with Gasteiger partial charge in [-0.25, -0.2) is 131 Å². The van der Waals surface area contributed by atoms with Gasteiger partial charge < -0.3 is 10.2 Å². The highest BCUT2D eigenvalue weighted by Gasteiger charge is 2.43. The molecule has 4 atom stereocenters. The average Bonchev–Trinajstić information content (AvgIpc) is 0.875. The number of aryl methyl sites for hydroxylation is 2. The molecule has 4 aromatic carbocycles. The Morgan fingerprint density at radius 3 is 1.15 bits per heavy atom. The molecule has 0 spiro atoms. The van der Waals surface area contributed by atoms with Gasteiger partial charge in [0.1, 0.15) is 147 Å². The zero-order chi connectivity index (χ0) is 74.3. The molecule has 0 aliphatic rings. The number of ketones is 2. The summed E-state index contributed by atoms with van der Waals surface area (Å²) in [5, 5.41) is 37.3. The van der Waals surface area contributed by atoms with Crippen molar-refractivity contribution in [2.75, 3.05) is 0 Å². The van der Waals surface area contributed by atoms with Crippen molar-refractivity contribution in [3.05, 3.63) is 286 Å². The average molecular weight is 1470 g/mol. The number of carbonyl (C=O) groups excluding carboxylic acids is 2. The lowest BCUT2D eigenvalue weighted by atomic mass is 9.79. The van der Waals surface area contributed by atoms with E-state index in [1.54, 1.807) is 0 Å². The van der Waals surface area contributed by atoms with Crippen LogP contribution in [0.2, 0.25) is 10.3 Å². The van der Waals surface area contributed by atoms with Crippen molar-refractivity contribution in [3.8, 4) is 0 Å². The smallest absolute Gasteiger partial charge is 0.187 e. The summed E-state index contributed by atoms with van der Waals surface area (Å²) >= 11 is 11.1. The third-order valence-corrected chi connectivity index (χ3v) is 15.0. The molecule has 0 aliphatic carbocycles. The molecule has 4 unspecified atom stereocenters. The van der Waals surface area contributed by atoms with Crippen molar-refractivity contribution in [3.63, 3.8) is 0 Å². The van der Waals surface area contributed by atoms with E-state index in [-0.39, 0.29) is 70.8 Å². The standard InChI is InChI=1S/C16H13ClF3N5O.C16H14F3N5O.2C10H7F2N3O.C6H6ClFN2.C6H7FN2/c1-9(14-13(20)15(17)23-7-22-14)16(26,5-25-8-21-6-24-25)11-3-2-10(18)4-12(11)19;1-10(15-14(19)5-20-7-22-15)16(25,6-24-9-21-8-23-24)12-3-2-11(17)4-13(12)18;2*11-7-1-2-8(9(12)3-7)10(16)4-15-6-13-5-14-15;1-2-4-5(8)6(7)10-3-9-4;1-2-6-5(7)3-8-4-9-6/h2-4,6-9,26H,5H2,1H3;2-5,7-10,25H,6H2,1H3;2*1-3,5-6H,4H2;3H,2H2,1H3;3-4H,2H2,1H3. The first kappa shape index (κ1) is 78.1. The highest BCUT2D eigenvalue weighted by molar-refractivity contribution is 6.29. The quantitative estimate of drug-likeness (QED) is 0.0458. The number of aromatic nitrogens is 20. The van der Waals surface area contributed by atoms with Gasteiger partial charge in [0.25, 0.3) is 0 Å². The molecule has 24 nitrogen and oxygen atoms in total. The van der Waals surface area contributed by atoms with Gasteiger partial charge in [-0.1, -0.05) is 63.0 Å². The molecule has 0 saturated carbocycles. The molecule has 2 N–H and O–H groups in total. The maximum absolute atomic E-state index is 14.4. The molecule has 102 heavy (non-hydrogen) atoms. The SMILES string of the molecule is CC(c1ncnc(Cl)c1F)C(O)(Cn1cncn1)c1ccc(F)cc1F.CC(c1ncncc1F)C(O)(Cn1cncn1)c1ccc(F)cc1F.CCc1ncnc(Cl)c1F.CCc1ncncc1F.O=C(Cn1cncn1)c1ccc(F)cc1F.O=C(Cn1cncn1)c1ccc(F)cc1F. The molecule has 0 bridgehead atoms. The second-order valence-electron chi connectivity index (χ2n) is 21.1. The van der Waals surface area contributed by atoms with Crippen LogP contribution in [0.25, 0.3) is 0 Å². The molecular weight excluding hydrogens is 1410 g/mol. The number of Topliss-reactive ketones (excluding diaryl/α,β-unsaturated/α-hetero) is 2. The van der Waals surface area contributed by atoms with Gasteiger partial charge in [0.15, 0.2) is 45.1 Å². The Labute approximate surface area is 579 Å². The summed E-state index contributed by atoms with van der Waals surface area (Å²) in [4.78, 5) is 67.2. The second kappa shape index (κ2) is 36.7. The van der Waals surface area contributed by atoms with Crippen LogP contribution in [0.5, 0.6) is 0 Å².